The number of amides is 1. The van der Waals surface area contributed by atoms with Gasteiger partial charge in [0, 0.05) is 24.9 Å². The minimum atomic E-state index is -4.68. The van der Waals surface area contributed by atoms with Gasteiger partial charge in [-0.2, -0.15) is 23.4 Å². The number of carbonyl (C=O) groups excluding carboxylic acids is 1. The largest absolute Gasteiger partial charge is 0.433 e. The quantitative estimate of drug-likeness (QED) is 0.538. The lowest BCUT2D eigenvalue weighted by molar-refractivity contribution is -0.142. The van der Waals surface area contributed by atoms with Gasteiger partial charge in [0.15, 0.2) is 17.0 Å². The molecule has 0 aliphatic rings. The lowest BCUT2D eigenvalue weighted by Gasteiger charge is -2.11. The Balaban J connectivity index is 1.74. The molecule has 160 valence electrons. The summed E-state index contributed by atoms with van der Waals surface area (Å²) >= 11 is 0. The van der Waals surface area contributed by atoms with Crippen molar-refractivity contribution in [3.63, 3.8) is 0 Å². The summed E-state index contributed by atoms with van der Waals surface area (Å²) in [6.45, 7) is 3.96. The van der Waals surface area contributed by atoms with Crippen LogP contribution in [0.1, 0.15) is 33.0 Å². The van der Waals surface area contributed by atoms with E-state index in [1.807, 2.05) is 19.9 Å². The van der Waals surface area contributed by atoms with Crippen molar-refractivity contribution < 1.29 is 18.0 Å². The van der Waals surface area contributed by atoms with Crippen LogP contribution < -0.4 is 5.32 Å². The number of fused-ring (bicyclic) bond motifs is 1. The van der Waals surface area contributed by atoms with Gasteiger partial charge in [-0.1, -0.05) is 12.1 Å². The summed E-state index contributed by atoms with van der Waals surface area (Å²) in [5.41, 5.74) is 2.20. The van der Waals surface area contributed by atoms with Gasteiger partial charge in [0.05, 0.1) is 17.9 Å². The normalized spacial score (nSPS) is 11.8. The molecule has 3 heterocycles. The average Bonchev–Trinajstić information content (AvgIpc) is 3.32. The molecule has 7 nitrogen and oxygen atoms in total. The first kappa shape index (κ1) is 20.6. The Kier molecular flexibility index (Phi) is 5.00. The van der Waals surface area contributed by atoms with Crippen LogP contribution >= 0.6 is 0 Å². The number of nitrogens with zero attached hydrogens (tertiary/aromatic N) is 5. The first-order chi connectivity index (χ1) is 14.6. The number of hydrogen-bond acceptors (Lipinski definition) is 4. The molecule has 4 aromatic rings. The van der Waals surface area contributed by atoms with Gasteiger partial charge in [-0.15, -0.1) is 0 Å². The van der Waals surface area contributed by atoms with E-state index in [9.17, 15) is 18.0 Å². The number of benzene rings is 1. The summed E-state index contributed by atoms with van der Waals surface area (Å²) in [7, 11) is 1.72. The van der Waals surface area contributed by atoms with E-state index in [-0.39, 0.29) is 23.6 Å². The molecule has 0 fully saturated rings. The molecule has 0 spiro atoms. The number of aryl methyl sites for hydroxylation is 3. The van der Waals surface area contributed by atoms with Crippen LogP contribution in [0.15, 0.2) is 42.6 Å². The van der Waals surface area contributed by atoms with Crippen LogP contribution in [-0.2, 0) is 19.8 Å². The maximum atomic E-state index is 13.7. The number of alkyl halides is 3. The van der Waals surface area contributed by atoms with Gasteiger partial charge in [0.1, 0.15) is 0 Å². The molecule has 1 N–H and O–H groups in total. The highest BCUT2D eigenvalue weighted by Gasteiger charge is 2.35. The number of nitrogens with one attached hydrogen (secondary N) is 1. The molecule has 0 radical (unpaired) electrons. The Morgan fingerprint density at radius 3 is 2.52 bits per heavy atom. The number of rotatable bonds is 4. The molecule has 3 aromatic heterocycles. The molecule has 1 amide bonds. The van der Waals surface area contributed by atoms with Crippen molar-refractivity contribution in [1.29, 1.82) is 0 Å². The van der Waals surface area contributed by atoms with Crippen molar-refractivity contribution in [3.05, 3.63) is 70.8 Å². The summed E-state index contributed by atoms with van der Waals surface area (Å²) in [6, 6.07) is 9.26. The van der Waals surface area contributed by atoms with Gasteiger partial charge in [0.2, 0.25) is 0 Å². The molecule has 1 aromatic carbocycles. The molecule has 0 bridgehead atoms. The summed E-state index contributed by atoms with van der Waals surface area (Å²) in [5.74, 6) is -0.604. The zero-order valence-electron chi connectivity index (χ0n) is 17.0. The minimum Gasteiger partial charge on any atom is -0.345 e. The lowest BCUT2D eigenvalue weighted by atomic mass is 10.0. The first-order valence-corrected chi connectivity index (χ1v) is 9.44. The van der Waals surface area contributed by atoms with E-state index in [4.69, 9.17) is 0 Å². The van der Waals surface area contributed by atoms with Crippen LogP contribution in [0.25, 0.3) is 16.9 Å². The van der Waals surface area contributed by atoms with Gasteiger partial charge < -0.3 is 5.32 Å². The fourth-order valence-electron chi connectivity index (χ4n) is 3.17. The highest BCUT2D eigenvalue weighted by atomic mass is 19.4. The molecule has 0 aliphatic heterocycles. The van der Waals surface area contributed by atoms with E-state index in [0.717, 1.165) is 22.9 Å². The van der Waals surface area contributed by atoms with Crippen LogP contribution in [-0.4, -0.2) is 30.3 Å². The molecule has 0 aliphatic carbocycles. The van der Waals surface area contributed by atoms with E-state index in [0.29, 0.717) is 10.1 Å². The van der Waals surface area contributed by atoms with Gasteiger partial charge in [0.25, 0.3) is 5.91 Å². The second-order valence-corrected chi connectivity index (χ2v) is 7.25. The van der Waals surface area contributed by atoms with Crippen molar-refractivity contribution in [2.24, 2.45) is 7.05 Å². The highest BCUT2D eigenvalue weighted by Crippen LogP contribution is 2.32. The average molecular weight is 428 g/mol. The second kappa shape index (κ2) is 7.53. The number of halogens is 3. The SMILES string of the molecule is Cc1ccc(-c2cc(C(F)(F)F)n3nc(C(=O)NCc4ccnn4C)cc3n2)cc1C. The monoisotopic (exact) mass is 428 g/mol. The van der Waals surface area contributed by atoms with Crippen molar-refractivity contribution >= 4 is 11.6 Å². The number of carbonyl (C=O) groups is 1. The van der Waals surface area contributed by atoms with Crippen LogP contribution in [0, 0.1) is 13.8 Å². The van der Waals surface area contributed by atoms with Crippen LogP contribution in [0.2, 0.25) is 0 Å². The molecule has 0 saturated carbocycles. The van der Waals surface area contributed by atoms with Crippen molar-refractivity contribution in [1.82, 2.24) is 29.7 Å². The second-order valence-electron chi connectivity index (χ2n) is 7.25. The number of aromatic nitrogens is 5. The molecule has 0 atom stereocenters. The maximum absolute atomic E-state index is 13.7. The molecular weight excluding hydrogens is 409 g/mol. The lowest BCUT2D eigenvalue weighted by Crippen LogP contribution is -2.24. The Morgan fingerprint density at radius 2 is 1.87 bits per heavy atom. The topological polar surface area (TPSA) is 77.1 Å². The fraction of sp³-hybridized carbons (Fsp3) is 0.238. The van der Waals surface area contributed by atoms with E-state index in [1.165, 1.54) is 6.07 Å². The third-order valence-corrected chi connectivity index (χ3v) is 5.11. The van der Waals surface area contributed by atoms with Crippen LogP contribution in [0.3, 0.4) is 0 Å². The van der Waals surface area contributed by atoms with Crippen LogP contribution in [0.4, 0.5) is 13.2 Å². The van der Waals surface area contributed by atoms with E-state index < -0.39 is 17.8 Å². The fourth-order valence-corrected chi connectivity index (χ4v) is 3.17. The summed E-state index contributed by atoms with van der Waals surface area (Å²) in [5, 5.41) is 10.5. The Hall–Kier alpha value is -3.69. The van der Waals surface area contributed by atoms with Gasteiger partial charge in [-0.05, 0) is 43.2 Å². The van der Waals surface area contributed by atoms with Gasteiger partial charge in [-0.25, -0.2) is 9.50 Å². The van der Waals surface area contributed by atoms with Crippen molar-refractivity contribution in [2.75, 3.05) is 0 Å². The van der Waals surface area contributed by atoms with Crippen molar-refractivity contribution in [2.45, 2.75) is 26.6 Å². The zero-order chi connectivity index (χ0) is 22.3. The van der Waals surface area contributed by atoms with E-state index in [1.54, 1.807) is 36.1 Å². The molecule has 0 unspecified atom stereocenters. The van der Waals surface area contributed by atoms with Gasteiger partial charge >= 0.3 is 6.18 Å². The standard InChI is InChI=1S/C21H19F3N6O/c1-12-4-5-14(8-13(12)2)16-9-18(21(22,23)24)30-19(27-16)10-17(28-30)20(31)25-11-15-6-7-26-29(15)3/h4-10H,11H2,1-3H3,(H,25,31). The molecular formula is C21H19F3N6O. The van der Waals surface area contributed by atoms with Crippen LogP contribution in [0.5, 0.6) is 0 Å². The minimum absolute atomic E-state index is 0.0614. The Bertz CT molecular complexity index is 1290. The summed E-state index contributed by atoms with van der Waals surface area (Å²) < 4.78 is 43.5. The number of hydrogen-bond donors (Lipinski definition) is 1. The third-order valence-electron chi connectivity index (χ3n) is 5.11. The molecule has 0 saturated heterocycles. The first-order valence-electron chi connectivity index (χ1n) is 9.44. The zero-order valence-corrected chi connectivity index (χ0v) is 17.0. The smallest absolute Gasteiger partial charge is 0.345 e. The Labute approximate surface area is 175 Å². The third kappa shape index (κ3) is 4.00. The van der Waals surface area contributed by atoms with Gasteiger partial charge in [-0.3, -0.25) is 9.48 Å². The van der Waals surface area contributed by atoms with E-state index >= 15 is 0 Å². The maximum Gasteiger partial charge on any atom is 0.433 e. The Morgan fingerprint density at radius 1 is 1.10 bits per heavy atom. The molecule has 31 heavy (non-hydrogen) atoms. The predicted molar refractivity (Wildman–Crippen MR) is 107 cm³/mol. The predicted octanol–water partition coefficient (Wildman–Crippen LogP) is 3.70. The molecule has 4 rings (SSSR count). The summed E-state index contributed by atoms with van der Waals surface area (Å²) in [4.78, 5) is 16.8. The van der Waals surface area contributed by atoms with E-state index in [2.05, 4.69) is 20.5 Å². The molecule has 10 heteroatoms. The highest BCUT2D eigenvalue weighted by molar-refractivity contribution is 5.93. The van der Waals surface area contributed by atoms with Crippen molar-refractivity contribution in [3.8, 4) is 11.3 Å². The summed E-state index contributed by atoms with van der Waals surface area (Å²) in [6.07, 6.45) is -3.09.